The number of hydrogen-bond acceptors (Lipinski definition) is 5. The van der Waals surface area contributed by atoms with Gasteiger partial charge in [0.05, 0.1) is 11.3 Å². The van der Waals surface area contributed by atoms with Crippen LogP contribution in [0.1, 0.15) is 35.8 Å². The van der Waals surface area contributed by atoms with Gasteiger partial charge in [-0.2, -0.15) is 10.2 Å². The van der Waals surface area contributed by atoms with Crippen molar-refractivity contribution in [3.05, 3.63) is 39.9 Å². The number of nitrogens with one attached hydrogen (secondary N) is 1. The molecular formula is C17H24N6O2. The molecule has 2 aromatic rings. The van der Waals surface area contributed by atoms with Crippen LogP contribution in [0.4, 0.5) is 5.82 Å². The molecule has 0 bridgehead atoms. The van der Waals surface area contributed by atoms with Crippen molar-refractivity contribution in [3.63, 3.8) is 0 Å². The molecule has 1 fully saturated rings. The number of piperidine rings is 1. The Morgan fingerprint density at radius 2 is 2.16 bits per heavy atom. The maximum absolute atomic E-state index is 12.5. The SMILES string of the molecule is CCn1nc(N2CCCC(NC(=O)c3cn(C)nc3C)C2)ccc1=O. The Bertz CT molecular complexity index is 825. The Hall–Kier alpha value is -2.64. The number of carbonyl (C=O) groups excluding carboxylic acids is 1. The molecule has 1 N–H and O–H groups in total. The van der Waals surface area contributed by atoms with E-state index in [1.54, 1.807) is 30.1 Å². The zero-order chi connectivity index (χ0) is 18.0. The summed E-state index contributed by atoms with van der Waals surface area (Å²) in [6, 6.07) is 3.35. The number of nitrogens with zero attached hydrogens (tertiary/aromatic N) is 5. The van der Waals surface area contributed by atoms with Gasteiger partial charge in [-0.25, -0.2) is 4.68 Å². The average molecular weight is 344 g/mol. The zero-order valence-corrected chi connectivity index (χ0v) is 14.9. The van der Waals surface area contributed by atoms with E-state index in [0.29, 0.717) is 18.7 Å². The Morgan fingerprint density at radius 1 is 1.36 bits per heavy atom. The van der Waals surface area contributed by atoms with E-state index >= 15 is 0 Å². The van der Waals surface area contributed by atoms with Crippen molar-refractivity contribution >= 4 is 11.7 Å². The van der Waals surface area contributed by atoms with Gasteiger partial charge in [0.15, 0.2) is 0 Å². The summed E-state index contributed by atoms with van der Waals surface area (Å²) in [7, 11) is 1.81. The summed E-state index contributed by atoms with van der Waals surface area (Å²) in [6.07, 6.45) is 3.63. The molecule has 0 saturated carbocycles. The molecule has 3 rings (SSSR count). The van der Waals surface area contributed by atoms with Gasteiger partial charge in [0.1, 0.15) is 5.82 Å². The standard InChI is InChI=1S/C17H24N6O2/c1-4-23-16(24)8-7-15(20-23)22-9-5-6-13(10-22)18-17(25)14-11-21(3)19-12(14)2/h7-8,11,13H,4-6,9-10H2,1-3H3,(H,18,25). The summed E-state index contributed by atoms with van der Waals surface area (Å²) in [5, 5.41) is 11.7. The minimum atomic E-state index is -0.0971. The predicted octanol–water partition coefficient (Wildman–Crippen LogP) is 0.704. The minimum Gasteiger partial charge on any atom is -0.353 e. The van der Waals surface area contributed by atoms with Crippen LogP contribution in [0.2, 0.25) is 0 Å². The highest BCUT2D eigenvalue weighted by molar-refractivity contribution is 5.95. The third-order valence-electron chi connectivity index (χ3n) is 4.49. The fourth-order valence-corrected chi connectivity index (χ4v) is 3.22. The molecule has 1 unspecified atom stereocenters. The molecule has 0 aromatic carbocycles. The first-order chi connectivity index (χ1) is 12.0. The summed E-state index contributed by atoms with van der Waals surface area (Å²) < 4.78 is 3.10. The number of carbonyl (C=O) groups is 1. The Labute approximate surface area is 146 Å². The number of hydrogen-bond donors (Lipinski definition) is 1. The van der Waals surface area contributed by atoms with E-state index in [2.05, 4.69) is 20.4 Å². The van der Waals surface area contributed by atoms with Crippen LogP contribution in [0.15, 0.2) is 23.1 Å². The third kappa shape index (κ3) is 3.72. The lowest BCUT2D eigenvalue weighted by atomic mass is 10.1. The second-order valence-corrected chi connectivity index (χ2v) is 6.41. The van der Waals surface area contributed by atoms with E-state index in [4.69, 9.17) is 0 Å². The molecule has 1 aliphatic heterocycles. The first-order valence-corrected chi connectivity index (χ1v) is 8.62. The normalized spacial score (nSPS) is 17.6. The molecule has 0 spiro atoms. The van der Waals surface area contributed by atoms with Gasteiger partial charge in [0.25, 0.3) is 11.5 Å². The van der Waals surface area contributed by atoms with Crippen LogP contribution >= 0.6 is 0 Å². The molecule has 25 heavy (non-hydrogen) atoms. The fourth-order valence-electron chi connectivity index (χ4n) is 3.22. The monoisotopic (exact) mass is 344 g/mol. The van der Waals surface area contributed by atoms with E-state index in [1.807, 2.05) is 13.8 Å². The summed E-state index contributed by atoms with van der Waals surface area (Å²) in [6.45, 7) is 5.82. The Morgan fingerprint density at radius 3 is 2.84 bits per heavy atom. The van der Waals surface area contributed by atoms with E-state index in [0.717, 1.165) is 30.9 Å². The molecule has 2 aromatic heterocycles. The number of aromatic nitrogens is 4. The number of rotatable bonds is 4. The first-order valence-electron chi connectivity index (χ1n) is 8.62. The maximum Gasteiger partial charge on any atom is 0.266 e. The van der Waals surface area contributed by atoms with Crippen molar-refractivity contribution < 1.29 is 4.79 Å². The molecule has 0 aliphatic carbocycles. The fraction of sp³-hybridized carbons (Fsp3) is 0.529. The van der Waals surface area contributed by atoms with Crippen LogP contribution < -0.4 is 15.8 Å². The van der Waals surface area contributed by atoms with Crippen molar-refractivity contribution in [2.24, 2.45) is 7.05 Å². The summed E-state index contributed by atoms with van der Waals surface area (Å²) in [4.78, 5) is 26.3. The van der Waals surface area contributed by atoms with Crippen LogP contribution in [-0.2, 0) is 13.6 Å². The lowest BCUT2D eigenvalue weighted by Crippen LogP contribution is -2.48. The van der Waals surface area contributed by atoms with Crippen LogP contribution in [0.3, 0.4) is 0 Å². The predicted molar refractivity (Wildman–Crippen MR) is 94.8 cm³/mol. The maximum atomic E-state index is 12.5. The highest BCUT2D eigenvalue weighted by Crippen LogP contribution is 2.17. The van der Waals surface area contributed by atoms with Gasteiger partial charge >= 0.3 is 0 Å². The Balaban J connectivity index is 1.70. The number of amides is 1. The minimum absolute atomic E-state index is 0.0460. The summed E-state index contributed by atoms with van der Waals surface area (Å²) >= 11 is 0. The molecule has 134 valence electrons. The summed E-state index contributed by atoms with van der Waals surface area (Å²) in [5.74, 6) is 0.682. The smallest absolute Gasteiger partial charge is 0.266 e. The number of aryl methyl sites for hydroxylation is 3. The summed E-state index contributed by atoms with van der Waals surface area (Å²) in [5.41, 5.74) is 1.24. The van der Waals surface area contributed by atoms with Crippen LogP contribution in [0.5, 0.6) is 0 Å². The first kappa shape index (κ1) is 17.2. The highest BCUT2D eigenvalue weighted by Gasteiger charge is 2.24. The van der Waals surface area contributed by atoms with Gasteiger partial charge in [-0.05, 0) is 32.8 Å². The van der Waals surface area contributed by atoms with Crippen LogP contribution in [0, 0.1) is 6.92 Å². The molecular weight excluding hydrogens is 320 g/mol. The molecule has 1 atom stereocenters. The van der Waals surface area contributed by atoms with Gasteiger partial charge < -0.3 is 10.2 Å². The van der Waals surface area contributed by atoms with E-state index in [-0.39, 0.29) is 17.5 Å². The lowest BCUT2D eigenvalue weighted by Gasteiger charge is -2.34. The van der Waals surface area contributed by atoms with E-state index in [1.165, 1.54) is 4.68 Å². The van der Waals surface area contributed by atoms with Gasteiger partial charge in [-0.15, -0.1) is 0 Å². The topological polar surface area (TPSA) is 85.1 Å². The second kappa shape index (κ2) is 7.08. The molecule has 1 amide bonds. The molecule has 0 radical (unpaired) electrons. The molecule has 1 aliphatic rings. The van der Waals surface area contributed by atoms with E-state index in [9.17, 15) is 9.59 Å². The third-order valence-corrected chi connectivity index (χ3v) is 4.49. The second-order valence-electron chi connectivity index (χ2n) is 6.41. The van der Waals surface area contributed by atoms with Crippen LogP contribution in [-0.4, -0.2) is 44.6 Å². The largest absolute Gasteiger partial charge is 0.353 e. The highest BCUT2D eigenvalue weighted by atomic mass is 16.2. The van der Waals surface area contributed by atoms with Crippen molar-refractivity contribution in [1.29, 1.82) is 0 Å². The molecule has 8 nitrogen and oxygen atoms in total. The number of anilines is 1. The average Bonchev–Trinajstić information content (AvgIpc) is 2.94. The van der Waals surface area contributed by atoms with Crippen molar-refractivity contribution in [1.82, 2.24) is 24.9 Å². The molecule has 3 heterocycles. The van der Waals surface area contributed by atoms with Gasteiger partial charge in [-0.3, -0.25) is 14.3 Å². The van der Waals surface area contributed by atoms with Gasteiger partial charge in [0, 0.05) is 45.0 Å². The van der Waals surface area contributed by atoms with Crippen molar-refractivity contribution in [3.8, 4) is 0 Å². The van der Waals surface area contributed by atoms with Gasteiger partial charge in [-0.1, -0.05) is 0 Å². The van der Waals surface area contributed by atoms with E-state index < -0.39 is 0 Å². The van der Waals surface area contributed by atoms with Crippen molar-refractivity contribution in [2.75, 3.05) is 18.0 Å². The van der Waals surface area contributed by atoms with Gasteiger partial charge in [0.2, 0.25) is 0 Å². The van der Waals surface area contributed by atoms with Crippen molar-refractivity contribution in [2.45, 2.75) is 39.3 Å². The quantitative estimate of drug-likeness (QED) is 0.883. The zero-order valence-electron chi connectivity index (χ0n) is 14.9. The van der Waals surface area contributed by atoms with Crippen LogP contribution in [0.25, 0.3) is 0 Å². The molecule has 1 saturated heterocycles. The molecule has 8 heteroatoms. The Kier molecular flexibility index (Phi) is 4.87. The lowest BCUT2D eigenvalue weighted by molar-refractivity contribution is 0.0932.